The number of non-ortho nitro benzene ring substituents is 1. The molecule has 20 heavy (non-hydrogen) atoms. The number of pyridine rings is 1. The Kier molecular flexibility index (Phi) is 3.81. The molecule has 0 radical (unpaired) electrons. The number of carbonyl (C=O) groups is 1. The Morgan fingerprint density at radius 1 is 1.30 bits per heavy atom. The minimum atomic E-state index is -0.620. The second-order valence-electron chi connectivity index (χ2n) is 3.80. The molecule has 0 atom stereocenters. The summed E-state index contributed by atoms with van der Waals surface area (Å²) in [6, 6.07) is 7.76. The standard InChI is InChI=1S/C12H8ClN3O4/c13-8-5-4-7(16(19)20)6-10(8)15-12(18)9-2-1-3-11(17)14-9/h1-6H,(H,14,17)(H,15,18). The molecule has 8 heteroatoms. The lowest BCUT2D eigenvalue weighted by Crippen LogP contribution is -2.18. The third kappa shape index (κ3) is 3.01. The van der Waals surface area contributed by atoms with Gasteiger partial charge in [-0.1, -0.05) is 17.7 Å². The molecule has 0 fully saturated rings. The molecular weight excluding hydrogens is 286 g/mol. The number of hydrogen-bond donors (Lipinski definition) is 2. The molecule has 0 saturated carbocycles. The SMILES string of the molecule is O=C(Nc1cc([N+](=O)[O-])ccc1Cl)c1cccc(=O)[nH]1. The van der Waals surface area contributed by atoms with Crippen molar-refractivity contribution in [2.24, 2.45) is 0 Å². The van der Waals surface area contributed by atoms with E-state index >= 15 is 0 Å². The Bertz CT molecular complexity index is 741. The molecule has 2 N–H and O–H groups in total. The maximum atomic E-state index is 11.9. The third-order valence-corrected chi connectivity index (χ3v) is 2.75. The van der Waals surface area contributed by atoms with Crippen molar-refractivity contribution in [1.29, 1.82) is 0 Å². The van der Waals surface area contributed by atoms with Crippen molar-refractivity contribution >= 4 is 28.9 Å². The summed E-state index contributed by atoms with van der Waals surface area (Å²) in [7, 11) is 0. The molecule has 1 heterocycles. The van der Waals surface area contributed by atoms with Crippen LogP contribution < -0.4 is 10.9 Å². The van der Waals surface area contributed by atoms with Gasteiger partial charge in [-0.05, 0) is 12.1 Å². The van der Waals surface area contributed by atoms with Crippen molar-refractivity contribution in [3.05, 3.63) is 67.6 Å². The molecule has 0 aliphatic carbocycles. The van der Waals surface area contributed by atoms with Gasteiger partial charge >= 0.3 is 0 Å². The predicted molar refractivity (Wildman–Crippen MR) is 73.1 cm³/mol. The maximum Gasteiger partial charge on any atom is 0.272 e. The molecule has 1 amide bonds. The number of rotatable bonds is 3. The zero-order chi connectivity index (χ0) is 14.7. The lowest BCUT2D eigenvalue weighted by molar-refractivity contribution is -0.384. The van der Waals surface area contributed by atoms with Crippen molar-refractivity contribution in [3.63, 3.8) is 0 Å². The van der Waals surface area contributed by atoms with Gasteiger partial charge in [0.2, 0.25) is 5.56 Å². The van der Waals surface area contributed by atoms with E-state index in [0.29, 0.717) is 0 Å². The van der Waals surface area contributed by atoms with Crippen LogP contribution in [0.2, 0.25) is 5.02 Å². The van der Waals surface area contributed by atoms with E-state index in [1.54, 1.807) is 0 Å². The second kappa shape index (κ2) is 5.54. The normalized spacial score (nSPS) is 10.1. The molecule has 102 valence electrons. The topological polar surface area (TPSA) is 105 Å². The smallest absolute Gasteiger partial charge is 0.272 e. The van der Waals surface area contributed by atoms with Crippen LogP contribution in [0, 0.1) is 10.1 Å². The fourth-order valence-electron chi connectivity index (χ4n) is 1.49. The monoisotopic (exact) mass is 293 g/mol. The van der Waals surface area contributed by atoms with Crippen LogP contribution in [-0.2, 0) is 0 Å². The van der Waals surface area contributed by atoms with E-state index in [1.165, 1.54) is 30.3 Å². The van der Waals surface area contributed by atoms with E-state index in [1.807, 2.05) is 0 Å². The summed E-state index contributed by atoms with van der Waals surface area (Å²) in [6.45, 7) is 0. The van der Waals surface area contributed by atoms with Gasteiger partial charge in [0.15, 0.2) is 0 Å². The first-order valence-corrected chi connectivity index (χ1v) is 5.80. The van der Waals surface area contributed by atoms with Crippen LogP contribution in [-0.4, -0.2) is 15.8 Å². The second-order valence-corrected chi connectivity index (χ2v) is 4.21. The van der Waals surface area contributed by atoms with Crippen molar-refractivity contribution in [1.82, 2.24) is 4.98 Å². The first-order valence-electron chi connectivity index (χ1n) is 5.42. The number of nitro benzene ring substituents is 1. The largest absolute Gasteiger partial charge is 0.319 e. The van der Waals surface area contributed by atoms with E-state index in [0.717, 1.165) is 6.07 Å². The Hall–Kier alpha value is -2.67. The molecule has 1 aromatic heterocycles. The van der Waals surface area contributed by atoms with Crippen LogP contribution >= 0.6 is 11.6 Å². The third-order valence-electron chi connectivity index (χ3n) is 2.42. The van der Waals surface area contributed by atoms with Gasteiger partial charge in [-0.15, -0.1) is 0 Å². The molecule has 2 rings (SSSR count). The highest BCUT2D eigenvalue weighted by Crippen LogP contribution is 2.26. The highest BCUT2D eigenvalue weighted by atomic mass is 35.5. The minimum Gasteiger partial charge on any atom is -0.319 e. The summed E-state index contributed by atoms with van der Waals surface area (Å²) in [5.74, 6) is -0.620. The van der Waals surface area contributed by atoms with Gasteiger partial charge in [0.25, 0.3) is 11.6 Å². The molecule has 1 aromatic carbocycles. The Morgan fingerprint density at radius 2 is 2.05 bits per heavy atom. The molecule has 7 nitrogen and oxygen atoms in total. The number of amides is 1. The van der Waals surface area contributed by atoms with Crippen LogP contribution in [0.3, 0.4) is 0 Å². The minimum absolute atomic E-state index is 0.0278. The van der Waals surface area contributed by atoms with E-state index in [4.69, 9.17) is 11.6 Å². The maximum absolute atomic E-state index is 11.9. The van der Waals surface area contributed by atoms with Crippen LogP contribution in [0.5, 0.6) is 0 Å². The molecule has 0 aliphatic rings. The summed E-state index contributed by atoms with van der Waals surface area (Å²) < 4.78 is 0. The number of aromatic amines is 1. The Labute approximate surface area is 117 Å². The average Bonchev–Trinajstić information content (AvgIpc) is 2.41. The van der Waals surface area contributed by atoms with Crippen LogP contribution in [0.25, 0.3) is 0 Å². The molecule has 0 saturated heterocycles. The van der Waals surface area contributed by atoms with E-state index in [-0.39, 0.29) is 22.1 Å². The zero-order valence-electron chi connectivity index (χ0n) is 9.92. The van der Waals surface area contributed by atoms with Gasteiger partial charge in [0.05, 0.1) is 15.6 Å². The highest BCUT2D eigenvalue weighted by Gasteiger charge is 2.13. The fraction of sp³-hybridized carbons (Fsp3) is 0. The lowest BCUT2D eigenvalue weighted by Gasteiger charge is -2.06. The first-order chi connectivity index (χ1) is 9.47. The quantitative estimate of drug-likeness (QED) is 0.668. The molecular formula is C12H8ClN3O4. The molecule has 0 bridgehead atoms. The summed E-state index contributed by atoms with van der Waals surface area (Å²) >= 11 is 5.85. The molecule has 0 aliphatic heterocycles. The van der Waals surface area contributed by atoms with Gasteiger partial charge in [-0.2, -0.15) is 0 Å². The van der Waals surface area contributed by atoms with Crippen LogP contribution in [0.15, 0.2) is 41.2 Å². The van der Waals surface area contributed by atoms with Crippen molar-refractivity contribution in [2.45, 2.75) is 0 Å². The number of carbonyl (C=O) groups excluding carboxylic acids is 1. The van der Waals surface area contributed by atoms with Gasteiger partial charge in [-0.25, -0.2) is 0 Å². The van der Waals surface area contributed by atoms with Gasteiger partial charge < -0.3 is 10.3 Å². The van der Waals surface area contributed by atoms with Gasteiger partial charge in [0.1, 0.15) is 5.69 Å². The van der Waals surface area contributed by atoms with E-state index < -0.39 is 16.4 Å². The number of nitrogens with one attached hydrogen (secondary N) is 2. The fourth-order valence-corrected chi connectivity index (χ4v) is 1.66. The predicted octanol–water partition coefficient (Wildman–Crippen LogP) is 2.19. The summed E-state index contributed by atoms with van der Waals surface area (Å²) in [4.78, 5) is 35.4. The number of benzene rings is 1. The molecule has 0 spiro atoms. The van der Waals surface area contributed by atoms with Gasteiger partial charge in [-0.3, -0.25) is 19.7 Å². The van der Waals surface area contributed by atoms with Crippen molar-refractivity contribution in [2.75, 3.05) is 5.32 Å². The average molecular weight is 294 g/mol. The summed E-state index contributed by atoms with van der Waals surface area (Å²) in [5.41, 5.74) is -0.510. The van der Waals surface area contributed by atoms with Gasteiger partial charge in [0, 0.05) is 18.2 Å². The summed E-state index contributed by atoms with van der Waals surface area (Å²) in [5, 5.41) is 13.2. The molecule has 0 unspecified atom stereocenters. The Balaban J connectivity index is 2.30. The number of aromatic nitrogens is 1. The number of H-pyrrole nitrogens is 1. The zero-order valence-corrected chi connectivity index (χ0v) is 10.7. The number of anilines is 1. The van der Waals surface area contributed by atoms with Crippen LogP contribution in [0.4, 0.5) is 11.4 Å². The highest BCUT2D eigenvalue weighted by molar-refractivity contribution is 6.34. The lowest BCUT2D eigenvalue weighted by atomic mass is 10.2. The van der Waals surface area contributed by atoms with E-state index in [2.05, 4.69) is 10.3 Å². The molecule has 2 aromatic rings. The number of nitro groups is 1. The van der Waals surface area contributed by atoms with Crippen molar-refractivity contribution < 1.29 is 9.72 Å². The number of hydrogen-bond acceptors (Lipinski definition) is 4. The first kappa shape index (κ1) is 13.8. The van der Waals surface area contributed by atoms with Crippen molar-refractivity contribution in [3.8, 4) is 0 Å². The summed E-state index contributed by atoms with van der Waals surface area (Å²) in [6.07, 6.45) is 0. The number of nitrogens with zero attached hydrogens (tertiary/aromatic N) is 1. The van der Waals surface area contributed by atoms with E-state index in [9.17, 15) is 19.7 Å². The Morgan fingerprint density at radius 3 is 2.70 bits per heavy atom. The van der Waals surface area contributed by atoms with Crippen LogP contribution in [0.1, 0.15) is 10.5 Å². The number of halogens is 1.